The van der Waals surface area contributed by atoms with Crippen LogP contribution in [-0.2, 0) is 9.59 Å². The van der Waals surface area contributed by atoms with Gasteiger partial charge < -0.3 is 15.2 Å². The lowest BCUT2D eigenvalue weighted by atomic mass is 9.97. The molecule has 0 aliphatic heterocycles. The number of carbonyl (C=O) groups is 2. The van der Waals surface area contributed by atoms with Crippen molar-refractivity contribution >= 4 is 40.8 Å². The summed E-state index contributed by atoms with van der Waals surface area (Å²) in [7, 11) is 0. The standard InChI is InChI=1S/C20H21Cl2NO4/c1-12(10-18(24)25)13-4-7-15(8-5-13)23-19(26)20(2,3)27-17-11-14(21)6-9-16(17)22/h4-9,11-12H,10H2,1-3H3,(H,23,26)(H,24,25). The van der Waals surface area contributed by atoms with E-state index in [-0.39, 0.29) is 18.2 Å². The molecule has 0 saturated carbocycles. The number of nitrogens with one attached hydrogen (secondary N) is 1. The zero-order valence-electron chi connectivity index (χ0n) is 15.3. The van der Waals surface area contributed by atoms with Crippen LogP contribution < -0.4 is 10.1 Å². The molecule has 0 saturated heterocycles. The molecule has 7 heteroatoms. The van der Waals surface area contributed by atoms with Gasteiger partial charge in [-0.1, -0.05) is 42.3 Å². The van der Waals surface area contributed by atoms with Crippen LogP contribution in [0.5, 0.6) is 5.75 Å². The van der Waals surface area contributed by atoms with E-state index in [1.54, 1.807) is 56.3 Å². The second-order valence-corrected chi connectivity index (χ2v) is 7.61. The summed E-state index contributed by atoms with van der Waals surface area (Å²) in [5, 5.41) is 12.5. The highest BCUT2D eigenvalue weighted by atomic mass is 35.5. The molecule has 1 amide bonds. The summed E-state index contributed by atoms with van der Waals surface area (Å²) >= 11 is 12.0. The van der Waals surface area contributed by atoms with Gasteiger partial charge >= 0.3 is 5.97 Å². The minimum absolute atomic E-state index is 0.0486. The van der Waals surface area contributed by atoms with Crippen molar-refractivity contribution in [3.05, 3.63) is 58.1 Å². The number of rotatable bonds is 7. The van der Waals surface area contributed by atoms with Crippen LogP contribution in [0.15, 0.2) is 42.5 Å². The molecule has 2 N–H and O–H groups in total. The van der Waals surface area contributed by atoms with Gasteiger partial charge in [0.2, 0.25) is 0 Å². The van der Waals surface area contributed by atoms with Crippen LogP contribution in [-0.4, -0.2) is 22.6 Å². The van der Waals surface area contributed by atoms with E-state index in [0.717, 1.165) is 5.56 Å². The van der Waals surface area contributed by atoms with Crippen LogP contribution in [0.4, 0.5) is 5.69 Å². The number of aliphatic carboxylic acids is 1. The number of hydrogen-bond donors (Lipinski definition) is 2. The summed E-state index contributed by atoms with van der Waals surface area (Å²) in [5.41, 5.74) is 0.278. The highest BCUT2D eigenvalue weighted by Crippen LogP contribution is 2.31. The van der Waals surface area contributed by atoms with Gasteiger partial charge in [0.15, 0.2) is 5.60 Å². The van der Waals surface area contributed by atoms with Gasteiger partial charge in [-0.3, -0.25) is 9.59 Å². The van der Waals surface area contributed by atoms with Gasteiger partial charge in [0.05, 0.1) is 11.4 Å². The lowest BCUT2D eigenvalue weighted by Gasteiger charge is -2.26. The number of halogens is 2. The number of hydrogen-bond acceptors (Lipinski definition) is 3. The molecule has 144 valence electrons. The first-order valence-corrected chi connectivity index (χ1v) is 9.11. The zero-order valence-corrected chi connectivity index (χ0v) is 16.8. The SMILES string of the molecule is CC(CC(=O)O)c1ccc(NC(=O)C(C)(C)Oc2cc(Cl)ccc2Cl)cc1. The van der Waals surface area contributed by atoms with Crippen molar-refractivity contribution in [2.45, 2.75) is 38.7 Å². The van der Waals surface area contributed by atoms with Crippen molar-refractivity contribution in [2.24, 2.45) is 0 Å². The molecule has 1 unspecified atom stereocenters. The van der Waals surface area contributed by atoms with Crippen molar-refractivity contribution in [3.8, 4) is 5.75 Å². The summed E-state index contributed by atoms with van der Waals surface area (Å²) in [4.78, 5) is 23.4. The Kier molecular flexibility index (Phi) is 6.73. The quantitative estimate of drug-likeness (QED) is 0.644. The van der Waals surface area contributed by atoms with E-state index < -0.39 is 11.6 Å². The van der Waals surface area contributed by atoms with E-state index >= 15 is 0 Å². The number of carbonyl (C=O) groups excluding carboxylic acids is 1. The molecule has 0 aliphatic rings. The van der Waals surface area contributed by atoms with Crippen molar-refractivity contribution in [2.75, 3.05) is 5.32 Å². The Morgan fingerprint density at radius 1 is 1.15 bits per heavy atom. The normalized spacial score (nSPS) is 12.3. The third kappa shape index (κ3) is 5.88. The third-order valence-corrected chi connectivity index (χ3v) is 4.57. The second kappa shape index (κ2) is 8.63. The van der Waals surface area contributed by atoms with E-state index in [2.05, 4.69) is 5.32 Å². The molecular formula is C20H21Cl2NO4. The number of amides is 1. The number of ether oxygens (including phenoxy) is 1. The average molecular weight is 410 g/mol. The van der Waals surface area contributed by atoms with Gasteiger partial charge in [-0.25, -0.2) is 0 Å². The summed E-state index contributed by atoms with van der Waals surface area (Å²) in [6.45, 7) is 5.10. The number of carboxylic acids is 1. The predicted octanol–water partition coefficient (Wildman–Crippen LogP) is 5.37. The van der Waals surface area contributed by atoms with E-state index in [9.17, 15) is 9.59 Å². The molecule has 1 atom stereocenters. The van der Waals surface area contributed by atoms with Crippen LogP contribution in [0.1, 0.15) is 38.7 Å². The first kappa shape index (κ1) is 21.1. The van der Waals surface area contributed by atoms with Crippen LogP contribution in [0.3, 0.4) is 0 Å². The Hall–Kier alpha value is -2.24. The maximum Gasteiger partial charge on any atom is 0.303 e. The highest BCUT2D eigenvalue weighted by Gasteiger charge is 2.31. The summed E-state index contributed by atoms with van der Waals surface area (Å²) in [6, 6.07) is 11.8. The molecule has 0 spiro atoms. The largest absolute Gasteiger partial charge is 0.481 e. The second-order valence-electron chi connectivity index (χ2n) is 6.76. The fourth-order valence-corrected chi connectivity index (χ4v) is 2.75. The predicted molar refractivity (Wildman–Crippen MR) is 107 cm³/mol. The summed E-state index contributed by atoms with van der Waals surface area (Å²) < 4.78 is 5.76. The number of benzene rings is 2. The summed E-state index contributed by atoms with van der Waals surface area (Å²) in [5.74, 6) is -0.998. The Bertz CT molecular complexity index is 834. The minimum Gasteiger partial charge on any atom is -0.481 e. The molecular weight excluding hydrogens is 389 g/mol. The number of carboxylic acid groups (broad SMARTS) is 1. The van der Waals surface area contributed by atoms with Crippen molar-refractivity contribution in [1.29, 1.82) is 0 Å². The smallest absolute Gasteiger partial charge is 0.303 e. The Balaban J connectivity index is 2.06. The fraction of sp³-hybridized carbons (Fsp3) is 0.300. The van der Waals surface area contributed by atoms with E-state index in [1.807, 2.05) is 6.92 Å². The molecule has 2 aromatic rings. The van der Waals surface area contributed by atoms with Gasteiger partial charge in [0.25, 0.3) is 5.91 Å². The Morgan fingerprint density at radius 2 is 1.78 bits per heavy atom. The van der Waals surface area contributed by atoms with Crippen molar-refractivity contribution in [1.82, 2.24) is 0 Å². The number of anilines is 1. The van der Waals surface area contributed by atoms with E-state index in [1.165, 1.54) is 0 Å². The molecule has 27 heavy (non-hydrogen) atoms. The molecule has 0 radical (unpaired) electrons. The van der Waals surface area contributed by atoms with Crippen molar-refractivity contribution < 1.29 is 19.4 Å². The van der Waals surface area contributed by atoms with Crippen LogP contribution in [0, 0.1) is 0 Å². The highest BCUT2D eigenvalue weighted by molar-refractivity contribution is 6.34. The monoisotopic (exact) mass is 409 g/mol. The first-order valence-electron chi connectivity index (χ1n) is 8.36. The van der Waals surface area contributed by atoms with E-state index in [4.69, 9.17) is 33.0 Å². The first-order chi connectivity index (χ1) is 12.6. The van der Waals surface area contributed by atoms with Crippen molar-refractivity contribution in [3.63, 3.8) is 0 Å². The van der Waals surface area contributed by atoms with Gasteiger partial charge in [-0.05, 0) is 49.6 Å². The van der Waals surface area contributed by atoms with Gasteiger partial charge in [-0.2, -0.15) is 0 Å². The molecule has 0 aromatic heterocycles. The van der Waals surface area contributed by atoms with Crippen LogP contribution in [0.25, 0.3) is 0 Å². The summed E-state index contributed by atoms with van der Waals surface area (Å²) in [6.07, 6.45) is 0.0486. The van der Waals surface area contributed by atoms with Gasteiger partial charge in [0, 0.05) is 16.8 Å². The Morgan fingerprint density at radius 3 is 2.37 bits per heavy atom. The zero-order chi connectivity index (χ0) is 20.2. The fourth-order valence-electron chi connectivity index (χ4n) is 2.43. The minimum atomic E-state index is -1.19. The molecule has 5 nitrogen and oxygen atoms in total. The maximum absolute atomic E-state index is 12.6. The maximum atomic E-state index is 12.6. The average Bonchev–Trinajstić information content (AvgIpc) is 2.58. The molecule has 0 fully saturated rings. The van der Waals surface area contributed by atoms with Crippen LogP contribution >= 0.6 is 23.2 Å². The van der Waals surface area contributed by atoms with E-state index in [0.29, 0.717) is 21.5 Å². The van der Waals surface area contributed by atoms with Gasteiger partial charge in [-0.15, -0.1) is 0 Å². The molecule has 2 rings (SSSR count). The lowest BCUT2D eigenvalue weighted by molar-refractivity contribution is -0.137. The topological polar surface area (TPSA) is 75.6 Å². The molecule has 2 aromatic carbocycles. The molecule has 0 aliphatic carbocycles. The Labute approximate surface area is 168 Å². The van der Waals surface area contributed by atoms with Crippen LogP contribution in [0.2, 0.25) is 10.0 Å². The molecule has 0 bridgehead atoms. The third-order valence-electron chi connectivity index (χ3n) is 4.02. The lowest BCUT2D eigenvalue weighted by Crippen LogP contribution is -2.42. The molecule has 0 heterocycles. The van der Waals surface area contributed by atoms with Gasteiger partial charge in [0.1, 0.15) is 5.75 Å².